The summed E-state index contributed by atoms with van der Waals surface area (Å²) in [6, 6.07) is 7.39. The summed E-state index contributed by atoms with van der Waals surface area (Å²) in [6.07, 6.45) is 3.46. The molecule has 2 aromatic heterocycles. The molecule has 3 aromatic rings. The number of thiazole rings is 1. The Labute approximate surface area is 152 Å². The average molecular weight is 377 g/mol. The molecule has 0 saturated carbocycles. The van der Waals surface area contributed by atoms with Crippen LogP contribution in [0, 0.1) is 12.7 Å². The second kappa shape index (κ2) is 7.58. The first-order valence-electron chi connectivity index (χ1n) is 7.39. The van der Waals surface area contributed by atoms with Gasteiger partial charge in [0, 0.05) is 28.5 Å². The number of halogens is 2. The van der Waals surface area contributed by atoms with Crippen LogP contribution in [0.1, 0.15) is 10.6 Å². The molecule has 0 unspecified atom stereocenters. The van der Waals surface area contributed by atoms with Crippen molar-refractivity contribution in [1.82, 2.24) is 15.3 Å². The zero-order valence-corrected chi connectivity index (χ0v) is 14.8. The van der Waals surface area contributed by atoms with Crippen molar-refractivity contribution in [3.8, 4) is 10.6 Å². The maximum atomic E-state index is 13.1. The summed E-state index contributed by atoms with van der Waals surface area (Å²) in [5.74, 6) is -0.532. The lowest BCUT2D eigenvalue weighted by atomic mass is 10.3. The smallest absolute Gasteiger partial charge is 0.319 e. The minimum Gasteiger partial charge on any atom is -0.333 e. The van der Waals surface area contributed by atoms with Crippen LogP contribution in [0.4, 0.5) is 14.9 Å². The quantitative estimate of drug-likeness (QED) is 0.697. The van der Waals surface area contributed by atoms with Crippen LogP contribution in [0.15, 0.2) is 42.7 Å². The van der Waals surface area contributed by atoms with E-state index in [4.69, 9.17) is 11.6 Å². The van der Waals surface area contributed by atoms with Crippen LogP contribution in [0.3, 0.4) is 0 Å². The Bertz CT molecular complexity index is 901. The summed E-state index contributed by atoms with van der Waals surface area (Å²) < 4.78 is 13.1. The van der Waals surface area contributed by atoms with Crippen molar-refractivity contribution >= 4 is 34.7 Å². The number of anilines is 1. The molecule has 0 radical (unpaired) electrons. The number of carbonyl (C=O) groups is 1. The lowest BCUT2D eigenvalue weighted by Crippen LogP contribution is -2.28. The highest BCUT2D eigenvalue weighted by Crippen LogP contribution is 2.27. The van der Waals surface area contributed by atoms with E-state index in [9.17, 15) is 9.18 Å². The van der Waals surface area contributed by atoms with E-state index in [1.807, 2.05) is 19.1 Å². The van der Waals surface area contributed by atoms with Gasteiger partial charge in [0.25, 0.3) is 0 Å². The molecule has 5 nitrogen and oxygen atoms in total. The molecule has 2 amide bonds. The van der Waals surface area contributed by atoms with Crippen molar-refractivity contribution in [2.75, 3.05) is 5.32 Å². The number of amides is 2. The zero-order valence-electron chi connectivity index (χ0n) is 13.2. The van der Waals surface area contributed by atoms with E-state index < -0.39 is 11.8 Å². The third-order valence-electron chi connectivity index (χ3n) is 3.39. The molecule has 0 aliphatic rings. The molecule has 0 saturated heterocycles. The Kier molecular flexibility index (Phi) is 5.25. The van der Waals surface area contributed by atoms with Crippen LogP contribution in [0.5, 0.6) is 0 Å². The van der Waals surface area contributed by atoms with Crippen molar-refractivity contribution in [3.63, 3.8) is 0 Å². The Balaban J connectivity index is 1.62. The van der Waals surface area contributed by atoms with Gasteiger partial charge >= 0.3 is 6.03 Å². The van der Waals surface area contributed by atoms with Crippen molar-refractivity contribution in [2.45, 2.75) is 13.5 Å². The van der Waals surface area contributed by atoms with Crippen LogP contribution in [0.25, 0.3) is 10.6 Å². The van der Waals surface area contributed by atoms with Gasteiger partial charge in [-0.3, -0.25) is 4.98 Å². The minimum absolute atomic E-state index is 0.0442. The fraction of sp³-hybridized carbons (Fsp3) is 0.118. The monoisotopic (exact) mass is 376 g/mol. The van der Waals surface area contributed by atoms with E-state index in [2.05, 4.69) is 20.6 Å². The van der Waals surface area contributed by atoms with Crippen LogP contribution in [-0.2, 0) is 6.54 Å². The number of hydrogen-bond acceptors (Lipinski definition) is 4. The SMILES string of the molecule is Cc1nc(-c2cccnc2)sc1CNC(=O)Nc1ccc(F)c(Cl)c1. The fourth-order valence-corrected chi connectivity index (χ4v) is 3.29. The first-order valence-corrected chi connectivity index (χ1v) is 8.59. The zero-order chi connectivity index (χ0) is 17.8. The largest absolute Gasteiger partial charge is 0.333 e. The number of pyridine rings is 1. The van der Waals surface area contributed by atoms with Gasteiger partial charge in [-0.25, -0.2) is 14.2 Å². The van der Waals surface area contributed by atoms with Crippen molar-refractivity contribution in [2.24, 2.45) is 0 Å². The van der Waals surface area contributed by atoms with E-state index in [0.717, 1.165) is 21.1 Å². The molecule has 0 spiro atoms. The second-order valence-corrected chi connectivity index (χ2v) is 6.70. The third kappa shape index (κ3) is 4.32. The van der Waals surface area contributed by atoms with Crippen LogP contribution < -0.4 is 10.6 Å². The lowest BCUT2D eigenvalue weighted by Gasteiger charge is -2.07. The molecular weight excluding hydrogens is 363 g/mol. The van der Waals surface area contributed by atoms with Gasteiger partial charge in [-0.1, -0.05) is 11.6 Å². The molecular formula is C17H14ClFN4OS. The number of nitrogens with one attached hydrogen (secondary N) is 2. The summed E-state index contributed by atoms with van der Waals surface area (Å²) in [4.78, 5) is 21.5. The minimum atomic E-state index is -0.532. The molecule has 0 atom stereocenters. The number of nitrogens with zero attached hydrogens (tertiary/aromatic N) is 2. The first-order chi connectivity index (χ1) is 12.0. The van der Waals surface area contributed by atoms with Gasteiger partial charge in [0.1, 0.15) is 10.8 Å². The summed E-state index contributed by atoms with van der Waals surface area (Å²) in [5.41, 5.74) is 2.21. The normalized spacial score (nSPS) is 10.5. The first kappa shape index (κ1) is 17.3. The maximum Gasteiger partial charge on any atom is 0.319 e. The molecule has 25 heavy (non-hydrogen) atoms. The van der Waals surface area contributed by atoms with Gasteiger partial charge in [-0.05, 0) is 37.3 Å². The van der Waals surface area contributed by atoms with Crippen LogP contribution in [0.2, 0.25) is 5.02 Å². The number of hydrogen-bond donors (Lipinski definition) is 2. The summed E-state index contributed by atoms with van der Waals surface area (Å²) in [6.45, 7) is 2.23. The predicted octanol–water partition coefficient (Wildman–Crippen LogP) is 4.63. The predicted molar refractivity (Wildman–Crippen MR) is 97.4 cm³/mol. The van der Waals surface area contributed by atoms with E-state index in [1.54, 1.807) is 12.4 Å². The number of urea groups is 1. The van der Waals surface area contributed by atoms with E-state index >= 15 is 0 Å². The molecule has 2 heterocycles. The maximum absolute atomic E-state index is 13.1. The van der Waals surface area contributed by atoms with Crippen molar-refractivity contribution < 1.29 is 9.18 Å². The molecule has 0 aliphatic carbocycles. The molecule has 3 rings (SSSR count). The lowest BCUT2D eigenvalue weighted by molar-refractivity contribution is 0.252. The van der Waals surface area contributed by atoms with Crippen LogP contribution in [-0.4, -0.2) is 16.0 Å². The molecule has 0 bridgehead atoms. The van der Waals surface area contributed by atoms with E-state index in [1.165, 1.54) is 29.5 Å². The van der Waals surface area contributed by atoms with E-state index in [0.29, 0.717) is 12.2 Å². The molecule has 0 fully saturated rings. The van der Waals surface area contributed by atoms with Gasteiger partial charge < -0.3 is 10.6 Å². The Hall–Kier alpha value is -2.51. The third-order valence-corrected chi connectivity index (χ3v) is 4.88. The second-order valence-electron chi connectivity index (χ2n) is 5.21. The average Bonchev–Trinajstić information content (AvgIpc) is 2.98. The van der Waals surface area contributed by atoms with Crippen LogP contribution >= 0.6 is 22.9 Å². The summed E-state index contributed by atoms with van der Waals surface area (Å²) in [7, 11) is 0. The number of benzene rings is 1. The number of aromatic nitrogens is 2. The van der Waals surface area contributed by atoms with E-state index in [-0.39, 0.29) is 5.02 Å². The number of carbonyl (C=O) groups excluding carboxylic acids is 1. The standard InChI is InChI=1S/C17H14ClFN4OS/c1-10-15(25-16(22-10)11-3-2-6-20-8-11)9-21-17(24)23-12-4-5-14(19)13(18)7-12/h2-8H,9H2,1H3,(H2,21,23,24). The molecule has 8 heteroatoms. The van der Waals surface area contributed by atoms with Gasteiger partial charge in [-0.2, -0.15) is 0 Å². The number of aryl methyl sites for hydroxylation is 1. The Morgan fingerprint density at radius 1 is 1.36 bits per heavy atom. The van der Waals surface area contributed by atoms with Gasteiger partial charge in [0.2, 0.25) is 0 Å². The number of rotatable bonds is 4. The Morgan fingerprint density at radius 3 is 2.92 bits per heavy atom. The molecule has 0 aliphatic heterocycles. The molecule has 2 N–H and O–H groups in total. The highest BCUT2D eigenvalue weighted by atomic mass is 35.5. The topological polar surface area (TPSA) is 66.9 Å². The summed E-state index contributed by atoms with van der Waals surface area (Å²) in [5, 5.41) is 6.18. The van der Waals surface area contributed by atoms with Gasteiger partial charge in [-0.15, -0.1) is 11.3 Å². The molecule has 128 valence electrons. The highest BCUT2D eigenvalue weighted by Gasteiger charge is 2.11. The van der Waals surface area contributed by atoms with Crippen molar-refractivity contribution in [3.05, 3.63) is 64.1 Å². The van der Waals surface area contributed by atoms with Gasteiger partial charge in [0.15, 0.2) is 0 Å². The Morgan fingerprint density at radius 2 is 2.20 bits per heavy atom. The molecule has 1 aromatic carbocycles. The van der Waals surface area contributed by atoms with Crippen molar-refractivity contribution in [1.29, 1.82) is 0 Å². The van der Waals surface area contributed by atoms with Gasteiger partial charge in [0.05, 0.1) is 17.3 Å². The highest BCUT2D eigenvalue weighted by molar-refractivity contribution is 7.15. The summed E-state index contributed by atoms with van der Waals surface area (Å²) >= 11 is 7.19. The fourth-order valence-electron chi connectivity index (χ4n) is 2.11.